The second-order valence-corrected chi connectivity index (χ2v) is 11.9. The van der Waals surface area contributed by atoms with Crippen molar-refractivity contribution in [1.82, 2.24) is 14.9 Å². The molecule has 0 spiro atoms. The van der Waals surface area contributed by atoms with Gasteiger partial charge in [0.15, 0.2) is 16.7 Å². The van der Waals surface area contributed by atoms with E-state index in [2.05, 4.69) is 50.4 Å². The van der Waals surface area contributed by atoms with Crippen LogP contribution in [0.15, 0.2) is 52.4 Å². The van der Waals surface area contributed by atoms with Gasteiger partial charge in [0.2, 0.25) is 5.91 Å². The summed E-state index contributed by atoms with van der Waals surface area (Å²) in [6, 6.07) is 14.2. The van der Waals surface area contributed by atoms with Crippen LogP contribution in [0.4, 0.5) is 0 Å². The van der Waals surface area contributed by atoms with Gasteiger partial charge in [0.1, 0.15) is 0 Å². The van der Waals surface area contributed by atoms with Crippen molar-refractivity contribution in [2.45, 2.75) is 69.7 Å². The Kier molecular flexibility index (Phi) is 10.2. The van der Waals surface area contributed by atoms with E-state index in [1.807, 2.05) is 32.0 Å². The maximum Gasteiger partial charge on any atom is 0.257 e. The first-order valence-corrected chi connectivity index (χ1v) is 14.2. The van der Waals surface area contributed by atoms with E-state index in [1.54, 1.807) is 25.8 Å². The fourth-order valence-corrected chi connectivity index (χ4v) is 5.34. The molecule has 8 heteroatoms. The topological polar surface area (TPSA) is 82.5 Å². The Hall–Kier alpha value is -3.26. The second-order valence-electron chi connectivity index (χ2n) is 10.7. The maximum absolute atomic E-state index is 13.3. The lowest BCUT2D eigenvalue weighted by atomic mass is 9.86. The van der Waals surface area contributed by atoms with E-state index in [-0.39, 0.29) is 22.1 Å². The number of hydrogen-bond acceptors (Lipinski definition) is 6. The van der Waals surface area contributed by atoms with Gasteiger partial charge in [-0.2, -0.15) is 0 Å². The van der Waals surface area contributed by atoms with E-state index in [4.69, 9.17) is 14.5 Å². The lowest BCUT2D eigenvalue weighted by Crippen LogP contribution is -2.34. The van der Waals surface area contributed by atoms with Gasteiger partial charge in [-0.1, -0.05) is 69.8 Å². The Labute approximate surface area is 236 Å². The molecule has 1 heterocycles. The average molecular weight is 552 g/mol. The molecule has 0 saturated carbocycles. The van der Waals surface area contributed by atoms with Crippen molar-refractivity contribution in [1.29, 1.82) is 0 Å². The quantitative estimate of drug-likeness (QED) is 0.260. The van der Waals surface area contributed by atoms with Gasteiger partial charge >= 0.3 is 0 Å². The van der Waals surface area contributed by atoms with Crippen LogP contribution in [-0.2, 0) is 30.1 Å². The number of aromatic nitrogens is 2. The Morgan fingerprint density at radius 3 is 2.28 bits per heavy atom. The Morgan fingerprint density at radius 2 is 1.69 bits per heavy atom. The highest BCUT2D eigenvalue weighted by atomic mass is 32.2. The molecule has 1 aromatic heterocycles. The minimum Gasteiger partial charge on any atom is -0.493 e. The van der Waals surface area contributed by atoms with Crippen LogP contribution in [0.3, 0.4) is 0 Å². The predicted molar refractivity (Wildman–Crippen MR) is 158 cm³/mol. The van der Waals surface area contributed by atoms with Gasteiger partial charge in [-0.05, 0) is 54.0 Å². The van der Waals surface area contributed by atoms with Gasteiger partial charge in [-0.25, -0.2) is 4.98 Å². The van der Waals surface area contributed by atoms with Crippen molar-refractivity contribution in [3.05, 3.63) is 80.8 Å². The van der Waals surface area contributed by atoms with Crippen LogP contribution in [0.1, 0.15) is 62.1 Å². The molecule has 1 unspecified atom stereocenters. The molecule has 210 valence electrons. The molecule has 7 nitrogen and oxygen atoms in total. The molecule has 0 fully saturated rings. The summed E-state index contributed by atoms with van der Waals surface area (Å²) >= 11 is 1.33. The highest BCUT2D eigenvalue weighted by Gasteiger charge is 2.22. The first-order chi connectivity index (χ1) is 18.5. The minimum absolute atomic E-state index is 0.0714. The molecule has 1 amide bonds. The van der Waals surface area contributed by atoms with E-state index in [1.165, 1.54) is 17.3 Å². The predicted octanol–water partition coefficient (Wildman–Crippen LogP) is 5.22. The SMILES string of the molecule is CCC(Sc1nc(C)c(Cc2ccc(C(C)(C)C)cc2)c(=O)n1C)C(=O)NCCc1ccc(OC)c(OC)c1. The van der Waals surface area contributed by atoms with Crippen molar-refractivity contribution in [2.75, 3.05) is 20.8 Å². The number of amides is 1. The van der Waals surface area contributed by atoms with Crippen molar-refractivity contribution in [3.8, 4) is 11.5 Å². The largest absolute Gasteiger partial charge is 0.493 e. The average Bonchev–Trinajstić information content (AvgIpc) is 2.91. The minimum atomic E-state index is -0.358. The van der Waals surface area contributed by atoms with E-state index in [0.717, 1.165) is 11.1 Å². The van der Waals surface area contributed by atoms with Gasteiger partial charge < -0.3 is 14.8 Å². The summed E-state index contributed by atoms with van der Waals surface area (Å²) in [5, 5.41) is 3.22. The standard InChI is InChI=1S/C31H41N3O4S/c1-9-27(28(35)32-17-16-22-12-15-25(37-7)26(19-22)38-8)39-30-33-20(2)24(29(36)34(30)6)18-21-10-13-23(14-11-21)31(3,4)5/h10-15,19,27H,9,16-18H2,1-8H3,(H,32,35). The summed E-state index contributed by atoms with van der Waals surface area (Å²) in [5.41, 5.74) is 4.75. The number of carbonyl (C=O) groups is 1. The first kappa shape index (κ1) is 30.3. The monoisotopic (exact) mass is 551 g/mol. The van der Waals surface area contributed by atoms with E-state index in [9.17, 15) is 9.59 Å². The zero-order chi connectivity index (χ0) is 28.7. The third kappa shape index (κ3) is 7.66. The second kappa shape index (κ2) is 13.2. The zero-order valence-electron chi connectivity index (χ0n) is 24.4. The van der Waals surface area contributed by atoms with Crippen molar-refractivity contribution < 1.29 is 14.3 Å². The third-order valence-corrected chi connectivity index (χ3v) is 8.23. The Morgan fingerprint density at radius 1 is 1.05 bits per heavy atom. The first-order valence-electron chi connectivity index (χ1n) is 13.3. The van der Waals surface area contributed by atoms with Gasteiger partial charge in [0.25, 0.3) is 5.56 Å². The number of thioether (sulfide) groups is 1. The molecular weight excluding hydrogens is 510 g/mol. The van der Waals surface area contributed by atoms with Crippen LogP contribution >= 0.6 is 11.8 Å². The number of hydrogen-bond donors (Lipinski definition) is 1. The van der Waals surface area contributed by atoms with Crippen LogP contribution in [0.25, 0.3) is 0 Å². The molecule has 0 aliphatic rings. The maximum atomic E-state index is 13.3. The molecule has 2 aromatic carbocycles. The van der Waals surface area contributed by atoms with Crippen LogP contribution < -0.4 is 20.3 Å². The molecular formula is C31H41N3O4S. The third-order valence-electron chi connectivity index (χ3n) is 6.82. The molecule has 1 N–H and O–H groups in total. The lowest BCUT2D eigenvalue weighted by molar-refractivity contribution is -0.120. The van der Waals surface area contributed by atoms with Gasteiger partial charge in [-0.15, -0.1) is 0 Å². The molecule has 0 bridgehead atoms. The summed E-state index contributed by atoms with van der Waals surface area (Å²) in [7, 11) is 4.93. The summed E-state index contributed by atoms with van der Waals surface area (Å²) in [6.45, 7) is 10.9. The lowest BCUT2D eigenvalue weighted by Gasteiger charge is -2.19. The highest BCUT2D eigenvalue weighted by Crippen LogP contribution is 2.28. The summed E-state index contributed by atoms with van der Waals surface area (Å²) in [5.74, 6) is 1.26. The van der Waals surface area contributed by atoms with E-state index in [0.29, 0.717) is 53.7 Å². The van der Waals surface area contributed by atoms with Crippen molar-refractivity contribution in [3.63, 3.8) is 0 Å². The fourth-order valence-electron chi connectivity index (χ4n) is 4.30. The van der Waals surface area contributed by atoms with Gasteiger partial charge in [0.05, 0.1) is 19.5 Å². The molecule has 3 rings (SSSR count). The number of ether oxygens (including phenoxy) is 2. The van der Waals surface area contributed by atoms with Crippen molar-refractivity contribution >= 4 is 17.7 Å². The Balaban J connectivity index is 1.67. The highest BCUT2D eigenvalue weighted by molar-refractivity contribution is 8.00. The number of carbonyl (C=O) groups excluding carboxylic acids is 1. The smallest absolute Gasteiger partial charge is 0.257 e. The van der Waals surface area contributed by atoms with Crippen LogP contribution in [-0.4, -0.2) is 41.5 Å². The molecule has 1 atom stereocenters. The number of rotatable bonds is 11. The molecule has 3 aromatic rings. The number of benzene rings is 2. The molecule has 0 saturated heterocycles. The molecule has 0 aliphatic carbocycles. The van der Waals surface area contributed by atoms with Crippen LogP contribution in [0.5, 0.6) is 11.5 Å². The number of nitrogens with one attached hydrogen (secondary N) is 1. The summed E-state index contributed by atoms with van der Waals surface area (Å²) in [6.07, 6.45) is 1.80. The Bertz CT molecular complexity index is 1340. The zero-order valence-corrected chi connectivity index (χ0v) is 25.2. The number of aryl methyl sites for hydroxylation is 1. The van der Waals surface area contributed by atoms with E-state index >= 15 is 0 Å². The van der Waals surface area contributed by atoms with Gasteiger partial charge in [-0.3, -0.25) is 14.2 Å². The van der Waals surface area contributed by atoms with Crippen LogP contribution in [0, 0.1) is 6.92 Å². The van der Waals surface area contributed by atoms with E-state index < -0.39 is 0 Å². The number of methoxy groups -OCH3 is 2. The molecule has 0 aliphatic heterocycles. The summed E-state index contributed by atoms with van der Waals surface area (Å²) < 4.78 is 12.2. The van der Waals surface area contributed by atoms with Crippen LogP contribution in [0.2, 0.25) is 0 Å². The van der Waals surface area contributed by atoms with Gasteiger partial charge in [0, 0.05) is 31.3 Å². The fraction of sp³-hybridized carbons (Fsp3) is 0.452. The summed E-state index contributed by atoms with van der Waals surface area (Å²) in [4.78, 5) is 31.0. The molecule has 0 radical (unpaired) electrons. The normalized spacial score (nSPS) is 12.2. The molecule has 39 heavy (non-hydrogen) atoms. The number of nitrogens with zero attached hydrogens (tertiary/aromatic N) is 2. The van der Waals surface area contributed by atoms with Crippen molar-refractivity contribution in [2.24, 2.45) is 7.05 Å².